The lowest BCUT2D eigenvalue weighted by atomic mass is 9.85. The van der Waals surface area contributed by atoms with Crippen LogP contribution in [0.1, 0.15) is 25.0 Å². The van der Waals surface area contributed by atoms with Crippen LogP contribution in [0.5, 0.6) is 0 Å². The highest BCUT2D eigenvalue weighted by Crippen LogP contribution is 2.31. The van der Waals surface area contributed by atoms with E-state index in [9.17, 15) is 12.8 Å². The molecule has 0 amide bonds. The van der Waals surface area contributed by atoms with Gasteiger partial charge in [0.25, 0.3) is 0 Å². The lowest BCUT2D eigenvalue weighted by Crippen LogP contribution is -2.36. The van der Waals surface area contributed by atoms with Crippen LogP contribution >= 0.6 is 0 Å². The molecular formula is C19H21FN2O2S. The molecule has 0 saturated heterocycles. The highest BCUT2D eigenvalue weighted by atomic mass is 32.2. The van der Waals surface area contributed by atoms with E-state index < -0.39 is 15.4 Å². The van der Waals surface area contributed by atoms with Crippen molar-refractivity contribution in [3.05, 3.63) is 65.6 Å². The van der Waals surface area contributed by atoms with E-state index in [1.165, 1.54) is 12.1 Å². The third-order valence-corrected chi connectivity index (χ3v) is 6.02. The molecule has 25 heavy (non-hydrogen) atoms. The highest BCUT2D eigenvalue weighted by molar-refractivity contribution is 7.89. The van der Waals surface area contributed by atoms with E-state index in [-0.39, 0.29) is 17.3 Å². The summed E-state index contributed by atoms with van der Waals surface area (Å²) in [5.41, 5.74) is 1.88. The van der Waals surface area contributed by atoms with Crippen molar-refractivity contribution in [2.24, 2.45) is 0 Å². The molecule has 0 fully saturated rings. The van der Waals surface area contributed by atoms with Gasteiger partial charge in [-0.25, -0.2) is 17.5 Å². The molecule has 0 unspecified atom stereocenters. The van der Waals surface area contributed by atoms with Crippen LogP contribution in [0.4, 0.5) is 4.39 Å². The Hall–Kier alpha value is -2.18. The minimum absolute atomic E-state index is 0.202. The topological polar surface area (TPSA) is 62.0 Å². The van der Waals surface area contributed by atoms with E-state index in [2.05, 4.69) is 9.71 Å². The van der Waals surface area contributed by atoms with Crippen LogP contribution in [-0.4, -0.2) is 19.9 Å². The van der Waals surface area contributed by atoms with Gasteiger partial charge in [-0.2, -0.15) is 0 Å². The molecule has 132 valence electrons. The Labute approximate surface area is 147 Å². The first-order chi connectivity index (χ1) is 11.7. The molecule has 3 aromatic rings. The predicted octanol–water partition coefficient (Wildman–Crippen LogP) is 3.87. The van der Waals surface area contributed by atoms with Crippen LogP contribution in [0.3, 0.4) is 0 Å². The van der Waals surface area contributed by atoms with Crippen LogP contribution in [0.25, 0.3) is 10.9 Å². The number of hydrogen-bond acceptors (Lipinski definition) is 2. The Morgan fingerprint density at radius 2 is 1.88 bits per heavy atom. The maximum absolute atomic E-state index is 13.6. The molecule has 2 N–H and O–H groups in total. The summed E-state index contributed by atoms with van der Waals surface area (Å²) in [6.45, 7) is 5.83. The molecule has 1 aromatic heterocycles. The van der Waals surface area contributed by atoms with Crippen LogP contribution in [-0.2, 0) is 15.4 Å². The summed E-state index contributed by atoms with van der Waals surface area (Å²) in [4.78, 5) is 3.39. The molecule has 6 heteroatoms. The Balaban J connectivity index is 1.89. The van der Waals surface area contributed by atoms with Gasteiger partial charge in [0.2, 0.25) is 10.0 Å². The van der Waals surface area contributed by atoms with Crippen LogP contribution in [0.2, 0.25) is 0 Å². The summed E-state index contributed by atoms with van der Waals surface area (Å²) in [6, 6.07) is 11.4. The summed E-state index contributed by atoms with van der Waals surface area (Å²) in [7, 11) is -3.61. The molecule has 0 aliphatic rings. The van der Waals surface area contributed by atoms with Crippen molar-refractivity contribution in [2.75, 3.05) is 6.54 Å². The second-order valence-corrected chi connectivity index (χ2v) is 8.60. The first-order valence-electron chi connectivity index (χ1n) is 8.03. The van der Waals surface area contributed by atoms with Crippen molar-refractivity contribution in [3.63, 3.8) is 0 Å². The smallest absolute Gasteiger partial charge is 0.240 e. The van der Waals surface area contributed by atoms with Gasteiger partial charge in [0, 0.05) is 29.1 Å². The Kier molecular flexibility index (Phi) is 4.43. The number of hydrogen-bond donors (Lipinski definition) is 2. The summed E-state index contributed by atoms with van der Waals surface area (Å²) in [5, 5.41) is 0.764. The number of aromatic nitrogens is 1. The van der Waals surface area contributed by atoms with Gasteiger partial charge in [0.05, 0.1) is 4.90 Å². The largest absolute Gasteiger partial charge is 0.361 e. The lowest BCUT2D eigenvalue weighted by molar-refractivity contribution is 0.504. The maximum Gasteiger partial charge on any atom is 0.240 e. The zero-order valence-corrected chi connectivity index (χ0v) is 15.2. The zero-order chi connectivity index (χ0) is 18.2. The van der Waals surface area contributed by atoms with Gasteiger partial charge in [-0.15, -0.1) is 0 Å². The normalized spacial score (nSPS) is 12.6. The summed E-state index contributed by atoms with van der Waals surface area (Å²) < 4.78 is 41.5. The second kappa shape index (κ2) is 6.28. The molecule has 2 aromatic carbocycles. The molecule has 0 aliphatic carbocycles. The second-order valence-electron chi connectivity index (χ2n) is 6.87. The number of aryl methyl sites for hydroxylation is 1. The Morgan fingerprint density at radius 3 is 2.60 bits per heavy atom. The minimum atomic E-state index is -3.61. The Morgan fingerprint density at radius 1 is 1.16 bits per heavy atom. The van der Waals surface area contributed by atoms with E-state index >= 15 is 0 Å². The third kappa shape index (κ3) is 3.45. The van der Waals surface area contributed by atoms with E-state index in [4.69, 9.17) is 0 Å². The first kappa shape index (κ1) is 17.6. The maximum atomic E-state index is 13.6. The molecular weight excluding hydrogens is 339 g/mol. The number of halogens is 1. The first-order valence-corrected chi connectivity index (χ1v) is 9.51. The lowest BCUT2D eigenvalue weighted by Gasteiger charge is -2.25. The molecule has 3 rings (SSSR count). The van der Waals surface area contributed by atoms with Gasteiger partial charge in [0.1, 0.15) is 5.82 Å². The van der Waals surface area contributed by atoms with Crippen LogP contribution < -0.4 is 4.72 Å². The number of rotatable bonds is 5. The highest BCUT2D eigenvalue weighted by Gasteiger charge is 2.27. The monoisotopic (exact) mass is 360 g/mol. The minimum Gasteiger partial charge on any atom is -0.361 e. The van der Waals surface area contributed by atoms with Crippen molar-refractivity contribution < 1.29 is 12.8 Å². The number of aromatic amines is 1. The van der Waals surface area contributed by atoms with Gasteiger partial charge >= 0.3 is 0 Å². The number of benzene rings is 2. The SMILES string of the molecule is Cc1ccccc1S(=O)(=O)NCC(C)(C)c1c[nH]c2ccc(F)cc12. The average molecular weight is 360 g/mol. The van der Waals surface area contributed by atoms with Crippen molar-refractivity contribution in [2.45, 2.75) is 31.1 Å². The standard InChI is InChI=1S/C19H21FN2O2S/c1-13-6-4-5-7-18(13)25(23,24)22-12-19(2,3)16-11-21-17-9-8-14(20)10-15(16)17/h4-11,21-22H,12H2,1-3H3. The van der Waals surface area contributed by atoms with Crippen molar-refractivity contribution in [1.29, 1.82) is 0 Å². The molecule has 0 saturated carbocycles. The zero-order valence-electron chi connectivity index (χ0n) is 14.4. The van der Waals surface area contributed by atoms with Crippen LogP contribution in [0.15, 0.2) is 53.6 Å². The Bertz CT molecular complexity index is 1020. The number of sulfonamides is 1. The average Bonchev–Trinajstić information content (AvgIpc) is 2.97. The van der Waals surface area contributed by atoms with Gasteiger partial charge in [-0.3, -0.25) is 0 Å². The van der Waals surface area contributed by atoms with E-state index in [0.717, 1.165) is 16.5 Å². The number of H-pyrrole nitrogens is 1. The van der Waals surface area contributed by atoms with Crippen LogP contribution in [0, 0.1) is 12.7 Å². The van der Waals surface area contributed by atoms with Crippen molar-refractivity contribution >= 4 is 20.9 Å². The third-order valence-electron chi connectivity index (χ3n) is 4.46. The summed E-state index contributed by atoms with van der Waals surface area (Å²) in [5.74, 6) is -0.315. The van der Waals surface area contributed by atoms with Gasteiger partial charge in [-0.1, -0.05) is 32.0 Å². The molecule has 1 heterocycles. The van der Waals surface area contributed by atoms with Gasteiger partial charge in [0.15, 0.2) is 0 Å². The molecule has 0 bridgehead atoms. The predicted molar refractivity (Wildman–Crippen MR) is 97.7 cm³/mol. The van der Waals surface area contributed by atoms with Crippen molar-refractivity contribution in [1.82, 2.24) is 9.71 Å². The fourth-order valence-electron chi connectivity index (χ4n) is 2.96. The molecule has 0 spiro atoms. The van der Waals surface area contributed by atoms with E-state index in [0.29, 0.717) is 5.56 Å². The number of fused-ring (bicyclic) bond motifs is 1. The summed E-state index contributed by atoms with van der Waals surface area (Å²) in [6.07, 6.45) is 1.81. The van der Waals surface area contributed by atoms with Gasteiger partial charge in [-0.05, 0) is 42.3 Å². The molecule has 0 radical (unpaired) electrons. The fourth-order valence-corrected chi connectivity index (χ4v) is 4.42. The van der Waals surface area contributed by atoms with Crippen molar-refractivity contribution in [3.8, 4) is 0 Å². The van der Waals surface area contributed by atoms with E-state index in [1.54, 1.807) is 37.3 Å². The number of nitrogens with one attached hydrogen (secondary N) is 2. The quantitative estimate of drug-likeness (QED) is 0.725. The van der Waals surface area contributed by atoms with Gasteiger partial charge < -0.3 is 4.98 Å². The molecule has 0 aliphatic heterocycles. The fraction of sp³-hybridized carbons (Fsp3) is 0.263. The molecule has 0 atom stereocenters. The molecule has 4 nitrogen and oxygen atoms in total. The van der Waals surface area contributed by atoms with E-state index in [1.807, 2.05) is 20.0 Å². The summed E-state index contributed by atoms with van der Waals surface area (Å²) >= 11 is 0.